The van der Waals surface area contributed by atoms with Gasteiger partial charge in [-0.1, -0.05) is 12.8 Å². The molecule has 160 valence electrons. The van der Waals surface area contributed by atoms with Gasteiger partial charge in [0, 0.05) is 38.8 Å². The maximum absolute atomic E-state index is 5.46. The summed E-state index contributed by atoms with van der Waals surface area (Å²) in [6, 6.07) is 0. The summed E-state index contributed by atoms with van der Waals surface area (Å²) in [4.78, 5) is 9.50. The molecule has 2 N–H and O–H groups in total. The summed E-state index contributed by atoms with van der Waals surface area (Å²) < 4.78 is 5.46. The molecule has 2 heterocycles. The first-order chi connectivity index (χ1) is 12.6. The minimum atomic E-state index is 0. The van der Waals surface area contributed by atoms with E-state index in [1.54, 1.807) is 0 Å². The van der Waals surface area contributed by atoms with Crippen molar-refractivity contribution in [1.82, 2.24) is 20.4 Å². The highest BCUT2D eigenvalue weighted by atomic mass is 127. The minimum Gasteiger partial charge on any atom is -0.379 e. The molecule has 2 rings (SSSR count). The monoisotopic (exact) mass is 495 g/mol. The minimum absolute atomic E-state index is 0. The van der Waals surface area contributed by atoms with Gasteiger partial charge in [-0.05, 0) is 59.2 Å². The Balaban J connectivity index is 0.00000364. The van der Waals surface area contributed by atoms with Crippen molar-refractivity contribution >= 4 is 29.9 Å². The van der Waals surface area contributed by atoms with Crippen molar-refractivity contribution in [1.29, 1.82) is 0 Å². The van der Waals surface area contributed by atoms with Crippen molar-refractivity contribution in [2.45, 2.75) is 57.9 Å². The quantitative estimate of drug-likeness (QED) is 0.223. The molecule has 27 heavy (non-hydrogen) atoms. The number of aliphatic imine (C=N–C) groups is 1. The molecule has 0 atom stereocenters. The van der Waals surface area contributed by atoms with Crippen LogP contribution in [-0.4, -0.2) is 87.4 Å². The van der Waals surface area contributed by atoms with E-state index in [-0.39, 0.29) is 29.5 Å². The smallest absolute Gasteiger partial charge is 0.191 e. The van der Waals surface area contributed by atoms with E-state index in [1.807, 2.05) is 7.05 Å². The average molecular weight is 495 g/mol. The molecule has 0 amide bonds. The van der Waals surface area contributed by atoms with E-state index in [4.69, 9.17) is 4.74 Å². The van der Waals surface area contributed by atoms with Gasteiger partial charge in [-0.25, -0.2) is 0 Å². The summed E-state index contributed by atoms with van der Waals surface area (Å²) in [5, 5.41) is 6.96. The highest BCUT2D eigenvalue weighted by Gasteiger charge is 2.28. The SMILES string of the molecule is CN=C(NCCCCCN1CCCCC1)NCC(C)(C)N1CCOCC1.I. The van der Waals surface area contributed by atoms with Gasteiger partial charge in [0.2, 0.25) is 0 Å². The number of unbranched alkanes of at least 4 members (excludes halogenated alkanes) is 2. The fourth-order valence-electron chi connectivity index (χ4n) is 3.83. The van der Waals surface area contributed by atoms with Crippen molar-refractivity contribution < 1.29 is 4.74 Å². The van der Waals surface area contributed by atoms with Crippen molar-refractivity contribution in [3.8, 4) is 0 Å². The number of rotatable bonds is 9. The Morgan fingerprint density at radius 1 is 0.963 bits per heavy atom. The number of morpholine rings is 1. The number of ether oxygens (including phenoxy) is 1. The number of nitrogens with zero attached hydrogens (tertiary/aromatic N) is 3. The Morgan fingerprint density at radius 2 is 1.67 bits per heavy atom. The first-order valence-corrected chi connectivity index (χ1v) is 10.6. The summed E-state index contributed by atoms with van der Waals surface area (Å²) in [5.74, 6) is 0.919. The lowest BCUT2D eigenvalue weighted by Crippen LogP contribution is -2.56. The first-order valence-electron chi connectivity index (χ1n) is 10.6. The molecule has 0 spiro atoms. The van der Waals surface area contributed by atoms with E-state index in [9.17, 15) is 0 Å². The van der Waals surface area contributed by atoms with Gasteiger partial charge in [-0.15, -0.1) is 24.0 Å². The molecule has 7 heteroatoms. The van der Waals surface area contributed by atoms with Crippen LogP contribution in [0.3, 0.4) is 0 Å². The number of halogens is 1. The van der Waals surface area contributed by atoms with Crippen LogP contribution in [0.1, 0.15) is 52.4 Å². The summed E-state index contributed by atoms with van der Waals surface area (Å²) in [7, 11) is 1.85. The Kier molecular flexibility index (Phi) is 12.9. The van der Waals surface area contributed by atoms with Crippen molar-refractivity contribution in [2.75, 3.05) is 66.1 Å². The number of guanidine groups is 1. The highest BCUT2D eigenvalue weighted by Crippen LogP contribution is 2.15. The Hall–Kier alpha value is -0.120. The number of hydrogen-bond donors (Lipinski definition) is 2. The second kappa shape index (κ2) is 14.0. The highest BCUT2D eigenvalue weighted by molar-refractivity contribution is 14.0. The molecule has 0 aromatic heterocycles. The number of piperidine rings is 1. The van der Waals surface area contributed by atoms with Crippen LogP contribution >= 0.6 is 24.0 Å². The van der Waals surface area contributed by atoms with Gasteiger partial charge in [0.25, 0.3) is 0 Å². The summed E-state index contributed by atoms with van der Waals surface area (Å²) in [5.41, 5.74) is 0.107. The van der Waals surface area contributed by atoms with Gasteiger partial charge < -0.3 is 20.3 Å². The maximum Gasteiger partial charge on any atom is 0.191 e. The predicted molar refractivity (Wildman–Crippen MR) is 125 cm³/mol. The molecule has 0 aromatic rings. The van der Waals surface area contributed by atoms with E-state index < -0.39 is 0 Å². The Bertz CT molecular complexity index is 407. The van der Waals surface area contributed by atoms with E-state index in [0.717, 1.165) is 45.4 Å². The van der Waals surface area contributed by atoms with E-state index >= 15 is 0 Å². The van der Waals surface area contributed by atoms with Crippen LogP contribution in [0.2, 0.25) is 0 Å². The molecule has 6 nitrogen and oxygen atoms in total. The molecule has 2 aliphatic rings. The largest absolute Gasteiger partial charge is 0.379 e. The third-order valence-corrected chi connectivity index (χ3v) is 5.67. The normalized spacial score (nSPS) is 20.2. The molecule has 2 fully saturated rings. The van der Waals surface area contributed by atoms with Crippen molar-refractivity contribution in [3.05, 3.63) is 0 Å². The second-order valence-corrected chi connectivity index (χ2v) is 8.23. The first kappa shape index (κ1) is 24.9. The Morgan fingerprint density at radius 3 is 2.33 bits per heavy atom. The molecule has 2 saturated heterocycles. The number of nitrogens with one attached hydrogen (secondary N) is 2. The van der Waals surface area contributed by atoms with Gasteiger partial charge in [0.15, 0.2) is 5.96 Å². The van der Waals surface area contributed by atoms with Gasteiger partial charge in [0.05, 0.1) is 13.2 Å². The molecular weight excluding hydrogens is 453 g/mol. The van der Waals surface area contributed by atoms with E-state index in [0.29, 0.717) is 0 Å². The van der Waals surface area contributed by atoms with Crippen LogP contribution in [0, 0.1) is 0 Å². The van der Waals surface area contributed by atoms with Gasteiger partial charge in [-0.3, -0.25) is 9.89 Å². The summed E-state index contributed by atoms with van der Waals surface area (Å²) in [6.45, 7) is 14.1. The summed E-state index contributed by atoms with van der Waals surface area (Å²) >= 11 is 0. The number of hydrogen-bond acceptors (Lipinski definition) is 4. The molecule has 0 saturated carbocycles. The van der Waals surface area contributed by atoms with Gasteiger partial charge in [-0.2, -0.15) is 0 Å². The topological polar surface area (TPSA) is 52.1 Å². The van der Waals surface area contributed by atoms with Crippen LogP contribution in [0.25, 0.3) is 0 Å². The van der Waals surface area contributed by atoms with Crippen LogP contribution in [-0.2, 0) is 4.74 Å². The van der Waals surface area contributed by atoms with Crippen molar-refractivity contribution in [3.63, 3.8) is 0 Å². The van der Waals surface area contributed by atoms with Crippen LogP contribution < -0.4 is 10.6 Å². The lowest BCUT2D eigenvalue weighted by atomic mass is 10.0. The van der Waals surface area contributed by atoms with Gasteiger partial charge in [0.1, 0.15) is 0 Å². The average Bonchev–Trinajstić information content (AvgIpc) is 2.68. The van der Waals surface area contributed by atoms with Crippen molar-refractivity contribution in [2.24, 2.45) is 4.99 Å². The number of likely N-dealkylation sites (tertiary alicyclic amines) is 1. The lowest BCUT2D eigenvalue weighted by Gasteiger charge is -2.41. The zero-order chi connectivity index (χ0) is 18.7. The zero-order valence-corrected chi connectivity index (χ0v) is 20.1. The fraction of sp³-hybridized carbons (Fsp3) is 0.950. The fourth-order valence-corrected chi connectivity index (χ4v) is 3.83. The third-order valence-electron chi connectivity index (χ3n) is 5.67. The summed E-state index contributed by atoms with van der Waals surface area (Å²) in [6.07, 6.45) is 8.03. The molecular formula is C20H42IN5O. The molecule has 0 aromatic carbocycles. The van der Waals surface area contributed by atoms with Crippen LogP contribution in [0.15, 0.2) is 4.99 Å². The molecule has 2 aliphatic heterocycles. The van der Waals surface area contributed by atoms with Crippen LogP contribution in [0.5, 0.6) is 0 Å². The van der Waals surface area contributed by atoms with Gasteiger partial charge >= 0.3 is 0 Å². The molecule has 0 bridgehead atoms. The predicted octanol–water partition coefficient (Wildman–Crippen LogP) is 2.54. The third kappa shape index (κ3) is 9.76. The maximum atomic E-state index is 5.46. The molecule has 0 unspecified atom stereocenters. The van der Waals surface area contributed by atoms with Crippen LogP contribution in [0.4, 0.5) is 0 Å². The standard InChI is InChI=1S/C20H41N5O.HI/c1-20(2,25-14-16-26-17-15-25)18-23-19(21-3)22-10-6-4-7-11-24-12-8-5-9-13-24;/h4-18H2,1-3H3,(H2,21,22,23);1H. The molecule has 0 radical (unpaired) electrons. The molecule has 0 aliphatic carbocycles. The lowest BCUT2D eigenvalue weighted by molar-refractivity contribution is -0.00833. The van der Waals surface area contributed by atoms with E-state index in [2.05, 4.69) is 39.3 Å². The second-order valence-electron chi connectivity index (χ2n) is 8.23. The zero-order valence-electron chi connectivity index (χ0n) is 17.8. The Labute approximate surface area is 183 Å². The van der Waals surface area contributed by atoms with E-state index in [1.165, 1.54) is 58.2 Å².